The predicted molar refractivity (Wildman–Crippen MR) is 71.1 cm³/mol. The maximum absolute atomic E-state index is 4.59. The van der Waals surface area contributed by atoms with E-state index in [4.69, 9.17) is 0 Å². The highest BCUT2D eigenvalue weighted by Gasteiger charge is 2.05. The van der Waals surface area contributed by atoms with Crippen molar-refractivity contribution in [2.24, 2.45) is 0 Å². The number of aromatic amines is 1. The Morgan fingerprint density at radius 3 is 2.76 bits per heavy atom. The largest absolute Gasteiger partial charge is 0.361 e. The van der Waals surface area contributed by atoms with Crippen molar-refractivity contribution in [1.82, 2.24) is 9.97 Å². The van der Waals surface area contributed by atoms with Gasteiger partial charge in [-0.15, -0.1) is 0 Å². The van der Waals surface area contributed by atoms with Gasteiger partial charge in [-0.3, -0.25) is 4.98 Å². The molecule has 0 aliphatic rings. The molecule has 4 rings (SSSR count). The molecule has 80 valence electrons. The van der Waals surface area contributed by atoms with E-state index in [1.807, 2.05) is 18.5 Å². The van der Waals surface area contributed by atoms with Crippen molar-refractivity contribution >= 4 is 32.6 Å². The monoisotopic (exact) mass is 218 g/mol. The number of fused-ring (bicyclic) bond motifs is 5. The zero-order valence-corrected chi connectivity index (χ0v) is 9.14. The first-order valence-electron chi connectivity index (χ1n) is 5.67. The molecule has 2 aromatic heterocycles. The lowest BCUT2D eigenvalue weighted by Crippen LogP contribution is -1.84. The van der Waals surface area contributed by atoms with Crippen LogP contribution in [0.25, 0.3) is 32.6 Å². The van der Waals surface area contributed by atoms with Gasteiger partial charge in [-0.25, -0.2) is 0 Å². The average Bonchev–Trinajstić information content (AvgIpc) is 2.86. The van der Waals surface area contributed by atoms with Crippen LogP contribution in [0, 0.1) is 0 Å². The molecule has 0 fully saturated rings. The third-order valence-electron chi connectivity index (χ3n) is 3.29. The molecule has 2 heteroatoms. The molecule has 0 aliphatic carbocycles. The second-order valence-corrected chi connectivity index (χ2v) is 4.25. The normalized spacial score (nSPS) is 11.5. The Morgan fingerprint density at radius 1 is 0.824 bits per heavy atom. The Bertz CT molecular complexity index is 843. The summed E-state index contributed by atoms with van der Waals surface area (Å²) >= 11 is 0. The van der Waals surface area contributed by atoms with Gasteiger partial charge in [0.15, 0.2) is 0 Å². The summed E-state index contributed by atoms with van der Waals surface area (Å²) in [5.74, 6) is 0. The number of hydrogen-bond acceptors (Lipinski definition) is 1. The van der Waals surface area contributed by atoms with Crippen LogP contribution in [0.1, 0.15) is 0 Å². The molecule has 17 heavy (non-hydrogen) atoms. The fraction of sp³-hybridized carbons (Fsp3) is 0. The summed E-state index contributed by atoms with van der Waals surface area (Å²) in [6, 6.07) is 14.7. The minimum absolute atomic E-state index is 1.07. The van der Waals surface area contributed by atoms with Gasteiger partial charge in [0.05, 0.1) is 5.52 Å². The van der Waals surface area contributed by atoms with Gasteiger partial charge in [0.25, 0.3) is 0 Å². The summed E-state index contributed by atoms with van der Waals surface area (Å²) in [7, 11) is 0. The van der Waals surface area contributed by atoms with Gasteiger partial charge in [0.2, 0.25) is 0 Å². The summed E-state index contributed by atoms with van der Waals surface area (Å²) < 4.78 is 0. The lowest BCUT2D eigenvalue weighted by molar-refractivity contribution is 1.40. The molecule has 0 spiro atoms. The van der Waals surface area contributed by atoms with Crippen molar-refractivity contribution in [2.45, 2.75) is 0 Å². The van der Waals surface area contributed by atoms with Crippen molar-refractivity contribution in [2.75, 3.05) is 0 Å². The van der Waals surface area contributed by atoms with Gasteiger partial charge in [-0.1, -0.05) is 24.3 Å². The average molecular weight is 218 g/mol. The highest BCUT2D eigenvalue weighted by atomic mass is 14.7. The van der Waals surface area contributed by atoms with E-state index in [1.165, 1.54) is 21.5 Å². The van der Waals surface area contributed by atoms with E-state index in [2.05, 4.69) is 46.4 Å². The zero-order valence-electron chi connectivity index (χ0n) is 9.14. The van der Waals surface area contributed by atoms with Crippen molar-refractivity contribution in [3.8, 4) is 0 Å². The Labute approximate surface area is 97.9 Å². The van der Waals surface area contributed by atoms with E-state index >= 15 is 0 Å². The number of rotatable bonds is 0. The number of H-pyrrole nitrogens is 1. The summed E-state index contributed by atoms with van der Waals surface area (Å²) in [6.45, 7) is 0. The van der Waals surface area contributed by atoms with Gasteiger partial charge in [0, 0.05) is 34.1 Å². The van der Waals surface area contributed by atoms with Crippen molar-refractivity contribution in [3.05, 3.63) is 54.9 Å². The fourth-order valence-corrected chi connectivity index (χ4v) is 2.47. The third-order valence-corrected chi connectivity index (χ3v) is 3.29. The number of hydrogen-bond donors (Lipinski definition) is 1. The van der Waals surface area contributed by atoms with E-state index in [0.29, 0.717) is 0 Å². The molecule has 0 aliphatic heterocycles. The number of aromatic nitrogens is 2. The fourth-order valence-electron chi connectivity index (χ4n) is 2.47. The minimum atomic E-state index is 1.07. The van der Waals surface area contributed by atoms with E-state index in [9.17, 15) is 0 Å². The van der Waals surface area contributed by atoms with E-state index < -0.39 is 0 Å². The van der Waals surface area contributed by atoms with Gasteiger partial charge in [-0.2, -0.15) is 0 Å². The highest BCUT2D eigenvalue weighted by Crippen LogP contribution is 2.28. The van der Waals surface area contributed by atoms with Gasteiger partial charge >= 0.3 is 0 Å². The standard InChI is InChI=1S/C15H10N2/c1-3-10-9-17-15-12(11(10)4-1)6-7-14-13(15)5-2-8-16-14/h1-9,16H. The quantitative estimate of drug-likeness (QED) is 0.446. The third kappa shape index (κ3) is 1.12. The molecule has 0 amide bonds. The molecular weight excluding hydrogens is 208 g/mol. The van der Waals surface area contributed by atoms with Crippen LogP contribution in [0.3, 0.4) is 0 Å². The van der Waals surface area contributed by atoms with Crippen LogP contribution in [0.4, 0.5) is 0 Å². The lowest BCUT2D eigenvalue weighted by Gasteiger charge is -2.04. The van der Waals surface area contributed by atoms with Gasteiger partial charge in [0.1, 0.15) is 0 Å². The maximum Gasteiger partial charge on any atom is 0.0801 e. The van der Waals surface area contributed by atoms with Crippen LogP contribution in [0.5, 0.6) is 0 Å². The lowest BCUT2D eigenvalue weighted by atomic mass is 10.1. The Kier molecular flexibility index (Phi) is 1.59. The molecule has 2 aromatic carbocycles. The van der Waals surface area contributed by atoms with Crippen molar-refractivity contribution in [1.29, 1.82) is 0 Å². The first-order chi connectivity index (χ1) is 8.43. The van der Waals surface area contributed by atoms with Crippen LogP contribution in [0.15, 0.2) is 54.9 Å². The molecule has 0 atom stereocenters. The predicted octanol–water partition coefficient (Wildman–Crippen LogP) is 3.87. The van der Waals surface area contributed by atoms with Gasteiger partial charge < -0.3 is 4.98 Å². The smallest absolute Gasteiger partial charge is 0.0801 e. The SMILES string of the molecule is c1cc2cnc3c4ccc[nH]c4ccc3c2c1. The zero-order chi connectivity index (χ0) is 11.2. The van der Waals surface area contributed by atoms with E-state index in [-0.39, 0.29) is 0 Å². The molecule has 0 saturated carbocycles. The second kappa shape index (κ2) is 3.08. The van der Waals surface area contributed by atoms with Crippen molar-refractivity contribution in [3.63, 3.8) is 0 Å². The van der Waals surface area contributed by atoms with Crippen LogP contribution >= 0.6 is 0 Å². The topological polar surface area (TPSA) is 28.7 Å². The number of pyridine rings is 2. The van der Waals surface area contributed by atoms with E-state index in [1.54, 1.807) is 0 Å². The molecule has 2 nitrogen and oxygen atoms in total. The number of nitrogens with one attached hydrogen (secondary N) is 1. The number of nitrogens with zero attached hydrogens (tertiary/aromatic N) is 1. The van der Waals surface area contributed by atoms with Gasteiger partial charge in [-0.05, 0) is 23.6 Å². The Hall–Kier alpha value is -2.35. The second-order valence-electron chi connectivity index (χ2n) is 4.25. The first kappa shape index (κ1) is 8.76. The summed E-state index contributed by atoms with van der Waals surface area (Å²) in [5.41, 5.74) is 2.19. The number of benzene rings is 1. The van der Waals surface area contributed by atoms with Crippen LogP contribution < -0.4 is 0 Å². The summed E-state index contributed by atoms with van der Waals surface area (Å²) in [6.07, 6.45) is 3.89. The summed E-state index contributed by atoms with van der Waals surface area (Å²) in [5, 5.41) is 4.88. The van der Waals surface area contributed by atoms with Crippen LogP contribution in [0.2, 0.25) is 0 Å². The molecule has 0 saturated heterocycles. The molecule has 2 heterocycles. The first-order valence-corrected chi connectivity index (χ1v) is 5.67. The van der Waals surface area contributed by atoms with Crippen LogP contribution in [-0.4, -0.2) is 9.97 Å². The van der Waals surface area contributed by atoms with Crippen LogP contribution in [-0.2, 0) is 0 Å². The molecule has 1 N–H and O–H groups in total. The Morgan fingerprint density at radius 2 is 1.76 bits per heavy atom. The molecule has 4 aromatic rings. The molecular formula is C15H10N2. The Balaban J connectivity index is 2.34. The molecule has 0 radical (unpaired) electrons. The minimum Gasteiger partial charge on any atom is -0.361 e. The van der Waals surface area contributed by atoms with E-state index in [0.717, 1.165) is 11.0 Å². The molecule has 0 bridgehead atoms. The highest BCUT2D eigenvalue weighted by molar-refractivity contribution is 6.14. The molecule has 0 unspecified atom stereocenters. The maximum atomic E-state index is 4.59. The van der Waals surface area contributed by atoms with Crippen molar-refractivity contribution < 1.29 is 0 Å². The summed E-state index contributed by atoms with van der Waals surface area (Å²) in [4.78, 5) is 7.83.